The van der Waals surface area contributed by atoms with Gasteiger partial charge in [-0.15, -0.1) is 0 Å². The molecule has 172 valence electrons. The lowest BCUT2D eigenvalue weighted by Crippen LogP contribution is -2.41. The molecule has 1 aliphatic carbocycles. The fourth-order valence-corrected chi connectivity index (χ4v) is 6.17. The van der Waals surface area contributed by atoms with Gasteiger partial charge in [-0.05, 0) is 44.7 Å². The quantitative estimate of drug-likeness (QED) is 0.753. The number of fused-ring (bicyclic) bond motifs is 1. The molecular formula is C22H28N4O5S. The molecule has 2 aliphatic heterocycles. The Hall–Kier alpha value is -2.59. The molecule has 1 saturated carbocycles. The third kappa shape index (κ3) is 3.75. The molecule has 0 bridgehead atoms. The molecule has 3 aliphatic rings. The molecule has 0 atom stereocenters. The zero-order chi connectivity index (χ0) is 22.5. The second-order valence-corrected chi connectivity index (χ2v) is 10.8. The Balaban J connectivity index is 1.20. The molecule has 3 heterocycles. The van der Waals surface area contributed by atoms with E-state index in [9.17, 15) is 13.2 Å². The van der Waals surface area contributed by atoms with E-state index in [0.29, 0.717) is 48.9 Å². The van der Waals surface area contributed by atoms with E-state index < -0.39 is 15.8 Å². The van der Waals surface area contributed by atoms with E-state index in [-0.39, 0.29) is 16.9 Å². The second-order valence-electron chi connectivity index (χ2n) is 8.89. The molecule has 5 rings (SSSR count). The number of aryl methyl sites for hydroxylation is 2. The number of benzene rings is 1. The monoisotopic (exact) mass is 460 g/mol. The Morgan fingerprint density at radius 3 is 2.50 bits per heavy atom. The van der Waals surface area contributed by atoms with Crippen LogP contribution in [0.2, 0.25) is 0 Å². The van der Waals surface area contributed by atoms with E-state index in [4.69, 9.17) is 9.47 Å². The van der Waals surface area contributed by atoms with Crippen LogP contribution in [0.1, 0.15) is 44.3 Å². The Kier molecular flexibility index (Phi) is 5.16. The van der Waals surface area contributed by atoms with Crippen LogP contribution in [0, 0.1) is 12.8 Å². The van der Waals surface area contributed by atoms with Gasteiger partial charge < -0.3 is 19.4 Å². The number of amides is 1. The minimum atomic E-state index is -3.65. The van der Waals surface area contributed by atoms with E-state index in [1.807, 2.05) is 18.2 Å². The van der Waals surface area contributed by atoms with Crippen molar-refractivity contribution in [3.05, 3.63) is 30.2 Å². The van der Waals surface area contributed by atoms with Crippen LogP contribution in [0.4, 0.5) is 5.69 Å². The lowest BCUT2D eigenvalue weighted by atomic mass is 9.97. The lowest BCUT2D eigenvalue weighted by Gasteiger charge is -2.29. The zero-order valence-electron chi connectivity index (χ0n) is 18.3. The Morgan fingerprint density at radius 1 is 1.16 bits per heavy atom. The van der Waals surface area contributed by atoms with E-state index in [2.05, 4.69) is 10.3 Å². The first-order valence-electron chi connectivity index (χ1n) is 11.1. The Labute approximate surface area is 187 Å². The summed E-state index contributed by atoms with van der Waals surface area (Å²) in [4.78, 5) is 17.0. The molecule has 1 amide bonds. The number of anilines is 1. The van der Waals surface area contributed by atoms with Crippen molar-refractivity contribution in [2.24, 2.45) is 13.0 Å². The molecule has 2 fully saturated rings. The minimum absolute atomic E-state index is 0.0563. The predicted molar refractivity (Wildman–Crippen MR) is 117 cm³/mol. The van der Waals surface area contributed by atoms with Crippen LogP contribution in [0.25, 0.3) is 0 Å². The average Bonchev–Trinajstić information content (AvgIpc) is 3.47. The van der Waals surface area contributed by atoms with Crippen molar-refractivity contribution >= 4 is 21.6 Å². The molecule has 2 aromatic rings. The molecule has 1 saturated heterocycles. The number of carbonyl (C=O) groups is 1. The largest absolute Gasteiger partial charge is 0.448 e. The Bertz CT molecular complexity index is 1130. The second kappa shape index (κ2) is 7.77. The summed E-state index contributed by atoms with van der Waals surface area (Å²) in [6.07, 6.45) is 6.39. The highest BCUT2D eigenvalue weighted by atomic mass is 32.2. The van der Waals surface area contributed by atoms with Gasteiger partial charge >= 0.3 is 0 Å². The van der Waals surface area contributed by atoms with Crippen LogP contribution in [0.3, 0.4) is 0 Å². The molecule has 32 heavy (non-hydrogen) atoms. The van der Waals surface area contributed by atoms with Crippen molar-refractivity contribution < 1.29 is 22.7 Å². The SMILES string of the molecule is Cc1nc(S(=O)(=O)N2CCC(C(=O)Nc3ccc4c(c3)OC3(CCCC3)O4)CC2)cn1C. The van der Waals surface area contributed by atoms with Gasteiger partial charge in [-0.1, -0.05) is 0 Å². The number of sulfonamides is 1. The van der Waals surface area contributed by atoms with E-state index in [0.717, 1.165) is 25.7 Å². The van der Waals surface area contributed by atoms with Crippen molar-refractivity contribution in [3.63, 3.8) is 0 Å². The highest BCUT2D eigenvalue weighted by Crippen LogP contribution is 2.47. The number of piperidine rings is 1. The normalized spacial score (nSPS) is 20.7. The Morgan fingerprint density at radius 2 is 1.84 bits per heavy atom. The molecule has 0 unspecified atom stereocenters. The van der Waals surface area contributed by atoms with Crippen molar-refractivity contribution in [2.75, 3.05) is 18.4 Å². The molecule has 1 aromatic carbocycles. The van der Waals surface area contributed by atoms with Crippen molar-refractivity contribution in [1.82, 2.24) is 13.9 Å². The van der Waals surface area contributed by atoms with Gasteiger partial charge in [0.15, 0.2) is 16.5 Å². The summed E-state index contributed by atoms with van der Waals surface area (Å²) < 4.78 is 40.9. The fraction of sp³-hybridized carbons (Fsp3) is 0.545. The van der Waals surface area contributed by atoms with Gasteiger partial charge in [0.2, 0.25) is 5.91 Å². The molecule has 9 nitrogen and oxygen atoms in total. The minimum Gasteiger partial charge on any atom is -0.448 e. The number of carbonyl (C=O) groups excluding carboxylic acids is 1. The number of ether oxygens (including phenoxy) is 2. The lowest BCUT2D eigenvalue weighted by molar-refractivity contribution is -0.120. The van der Waals surface area contributed by atoms with E-state index >= 15 is 0 Å². The summed E-state index contributed by atoms with van der Waals surface area (Å²) in [5.41, 5.74) is 0.659. The summed E-state index contributed by atoms with van der Waals surface area (Å²) in [5.74, 6) is 1.13. The highest BCUT2D eigenvalue weighted by Gasteiger charge is 2.44. The summed E-state index contributed by atoms with van der Waals surface area (Å²) >= 11 is 0. The van der Waals surface area contributed by atoms with Crippen LogP contribution in [0.5, 0.6) is 11.5 Å². The number of hydrogen-bond acceptors (Lipinski definition) is 6. The van der Waals surface area contributed by atoms with Gasteiger partial charge in [-0.3, -0.25) is 4.79 Å². The first-order valence-corrected chi connectivity index (χ1v) is 12.5. The number of nitrogens with one attached hydrogen (secondary N) is 1. The van der Waals surface area contributed by atoms with Crippen LogP contribution in [-0.2, 0) is 21.9 Å². The summed E-state index contributed by atoms with van der Waals surface area (Å²) in [6.45, 7) is 2.35. The maximum Gasteiger partial charge on any atom is 0.262 e. The van der Waals surface area contributed by atoms with Gasteiger partial charge in [-0.25, -0.2) is 13.4 Å². The van der Waals surface area contributed by atoms with Gasteiger partial charge in [0.05, 0.1) is 0 Å². The van der Waals surface area contributed by atoms with Gasteiger partial charge in [0.1, 0.15) is 5.82 Å². The molecule has 0 radical (unpaired) electrons. The smallest absolute Gasteiger partial charge is 0.262 e. The van der Waals surface area contributed by atoms with Crippen molar-refractivity contribution in [1.29, 1.82) is 0 Å². The van der Waals surface area contributed by atoms with Crippen LogP contribution in [0.15, 0.2) is 29.4 Å². The molecule has 1 N–H and O–H groups in total. The first kappa shape index (κ1) is 21.3. The fourth-order valence-electron chi connectivity index (χ4n) is 4.67. The van der Waals surface area contributed by atoms with Gasteiger partial charge in [0.25, 0.3) is 15.8 Å². The first-order chi connectivity index (χ1) is 15.3. The third-order valence-electron chi connectivity index (χ3n) is 6.68. The third-order valence-corrected chi connectivity index (χ3v) is 8.45. The predicted octanol–water partition coefficient (Wildman–Crippen LogP) is 2.81. The molecule has 1 spiro atoms. The molecular weight excluding hydrogens is 432 g/mol. The maximum absolute atomic E-state index is 12.9. The average molecular weight is 461 g/mol. The van der Waals surface area contributed by atoms with Crippen LogP contribution in [-0.4, -0.2) is 47.1 Å². The maximum atomic E-state index is 12.9. The number of rotatable bonds is 4. The standard InChI is InChI=1S/C22H28N4O5S/c1-15-23-20(14-25(15)2)32(28,29)26-11-7-16(8-12-26)21(27)24-17-5-6-18-19(13-17)31-22(30-18)9-3-4-10-22/h5-6,13-14,16H,3-4,7-12H2,1-2H3,(H,24,27). The van der Waals surface area contributed by atoms with E-state index in [1.54, 1.807) is 18.5 Å². The number of aromatic nitrogens is 2. The van der Waals surface area contributed by atoms with Crippen molar-refractivity contribution in [3.8, 4) is 11.5 Å². The van der Waals surface area contributed by atoms with Crippen LogP contribution < -0.4 is 14.8 Å². The number of hydrogen-bond donors (Lipinski definition) is 1. The van der Waals surface area contributed by atoms with Gasteiger partial charge in [0, 0.05) is 56.8 Å². The number of nitrogens with zero attached hydrogens (tertiary/aromatic N) is 3. The van der Waals surface area contributed by atoms with Crippen molar-refractivity contribution in [2.45, 2.75) is 56.3 Å². The number of imidazole rings is 1. The van der Waals surface area contributed by atoms with Crippen LogP contribution >= 0.6 is 0 Å². The summed E-state index contributed by atoms with van der Waals surface area (Å²) in [7, 11) is -1.88. The topological polar surface area (TPSA) is 103 Å². The zero-order valence-corrected chi connectivity index (χ0v) is 19.2. The van der Waals surface area contributed by atoms with Gasteiger partial charge in [-0.2, -0.15) is 4.31 Å². The van der Waals surface area contributed by atoms with E-state index in [1.165, 1.54) is 10.5 Å². The summed E-state index contributed by atoms with van der Waals surface area (Å²) in [6, 6.07) is 5.46. The molecule has 10 heteroatoms. The highest BCUT2D eigenvalue weighted by molar-refractivity contribution is 7.89. The summed E-state index contributed by atoms with van der Waals surface area (Å²) in [5, 5.41) is 3.01. The molecule has 1 aromatic heterocycles.